The Hall–Kier alpha value is -3.21. The fourth-order valence-electron chi connectivity index (χ4n) is 1.92. The predicted octanol–water partition coefficient (Wildman–Crippen LogP) is 0.999. The zero-order valence-electron chi connectivity index (χ0n) is 14.6. The van der Waals surface area contributed by atoms with Crippen molar-refractivity contribution in [1.82, 2.24) is 5.32 Å². The van der Waals surface area contributed by atoms with Gasteiger partial charge in [-0.1, -0.05) is 0 Å². The number of hydrogen-bond acceptors (Lipinski definition) is 6. The number of nitrogens with zero attached hydrogens (tertiary/aromatic N) is 1. The van der Waals surface area contributed by atoms with Gasteiger partial charge in [0.05, 0.1) is 14.2 Å². The Bertz CT molecular complexity index is 694. The number of methoxy groups -OCH3 is 2. The van der Waals surface area contributed by atoms with Crippen molar-refractivity contribution >= 4 is 17.9 Å². The number of nitrogens with two attached hydrogens (primary N) is 1. The first-order chi connectivity index (χ1) is 11.8. The monoisotopic (exact) mass is 347 g/mol. The van der Waals surface area contributed by atoms with Crippen LogP contribution < -0.4 is 25.3 Å². The molecule has 0 saturated carbocycles. The Labute approximate surface area is 146 Å². The van der Waals surface area contributed by atoms with E-state index in [9.17, 15) is 14.9 Å². The molecule has 0 heterocycles. The predicted molar refractivity (Wildman–Crippen MR) is 91.1 cm³/mol. The van der Waals surface area contributed by atoms with Gasteiger partial charge in [-0.3, -0.25) is 9.59 Å². The number of amides is 2. The number of ether oxygens (including phenoxy) is 3. The van der Waals surface area contributed by atoms with Gasteiger partial charge in [-0.2, -0.15) is 5.26 Å². The maximum atomic E-state index is 12.0. The van der Waals surface area contributed by atoms with Crippen molar-refractivity contribution in [3.8, 4) is 23.3 Å². The lowest BCUT2D eigenvalue weighted by atomic mass is 10.1. The van der Waals surface area contributed by atoms with Gasteiger partial charge in [-0.15, -0.1) is 0 Å². The first-order valence-corrected chi connectivity index (χ1v) is 7.42. The molecule has 0 radical (unpaired) electrons. The molecule has 0 saturated heterocycles. The lowest BCUT2D eigenvalue weighted by Gasteiger charge is -2.14. The van der Waals surface area contributed by atoms with E-state index in [0.717, 1.165) is 0 Å². The lowest BCUT2D eigenvalue weighted by molar-refractivity contribution is -0.120. The molecule has 0 bridgehead atoms. The molecule has 8 heteroatoms. The van der Waals surface area contributed by atoms with Gasteiger partial charge in [-0.25, -0.2) is 0 Å². The third-order valence-corrected chi connectivity index (χ3v) is 2.94. The van der Waals surface area contributed by atoms with E-state index in [0.29, 0.717) is 5.56 Å². The molecule has 1 rings (SSSR count). The minimum Gasteiger partial charge on any atom is -0.493 e. The molecule has 25 heavy (non-hydrogen) atoms. The van der Waals surface area contributed by atoms with Gasteiger partial charge < -0.3 is 25.3 Å². The van der Waals surface area contributed by atoms with Crippen LogP contribution in [0.15, 0.2) is 17.7 Å². The summed E-state index contributed by atoms with van der Waals surface area (Å²) < 4.78 is 15.8. The Morgan fingerprint density at radius 2 is 1.84 bits per heavy atom. The van der Waals surface area contributed by atoms with Crippen molar-refractivity contribution in [2.45, 2.75) is 19.9 Å². The van der Waals surface area contributed by atoms with Gasteiger partial charge in [0, 0.05) is 6.04 Å². The smallest absolute Gasteiger partial charge is 0.262 e. The largest absolute Gasteiger partial charge is 0.493 e. The van der Waals surface area contributed by atoms with E-state index in [1.807, 2.05) is 6.07 Å². The van der Waals surface area contributed by atoms with Crippen LogP contribution in [-0.4, -0.2) is 38.7 Å². The summed E-state index contributed by atoms with van der Waals surface area (Å²) in [5.41, 5.74) is 5.50. The normalized spacial score (nSPS) is 10.8. The van der Waals surface area contributed by atoms with Crippen molar-refractivity contribution in [2.75, 3.05) is 20.8 Å². The Kier molecular flexibility index (Phi) is 7.28. The van der Waals surface area contributed by atoms with Crippen LogP contribution in [0.3, 0.4) is 0 Å². The van der Waals surface area contributed by atoms with E-state index in [4.69, 9.17) is 19.9 Å². The highest BCUT2D eigenvalue weighted by molar-refractivity contribution is 6.01. The Morgan fingerprint density at radius 1 is 1.28 bits per heavy atom. The average Bonchev–Trinajstić information content (AvgIpc) is 2.56. The van der Waals surface area contributed by atoms with E-state index in [1.165, 1.54) is 20.3 Å². The molecule has 0 unspecified atom stereocenters. The van der Waals surface area contributed by atoms with Gasteiger partial charge >= 0.3 is 0 Å². The van der Waals surface area contributed by atoms with E-state index in [2.05, 4.69) is 5.32 Å². The number of carbonyl (C=O) groups excluding carboxylic acids is 2. The van der Waals surface area contributed by atoms with E-state index in [1.54, 1.807) is 26.0 Å². The maximum Gasteiger partial charge on any atom is 0.262 e. The lowest BCUT2D eigenvalue weighted by Crippen LogP contribution is -2.30. The van der Waals surface area contributed by atoms with Crippen molar-refractivity contribution in [1.29, 1.82) is 5.26 Å². The second-order valence-corrected chi connectivity index (χ2v) is 5.31. The molecule has 0 fully saturated rings. The zero-order valence-corrected chi connectivity index (χ0v) is 14.6. The first kappa shape index (κ1) is 19.8. The van der Waals surface area contributed by atoms with E-state index < -0.39 is 11.8 Å². The molecule has 1 aromatic rings. The third kappa shape index (κ3) is 5.73. The first-order valence-electron chi connectivity index (χ1n) is 7.42. The van der Waals surface area contributed by atoms with Gasteiger partial charge in [0.1, 0.15) is 11.6 Å². The molecule has 0 spiro atoms. The highest BCUT2D eigenvalue weighted by Gasteiger charge is 2.16. The molecule has 3 N–H and O–H groups in total. The Morgan fingerprint density at radius 3 is 2.24 bits per heavy atom. The summed E-state index contributed by atoms with van der Waals surface area (Å²) in [7, 11) is 2.83. The summed E-state index contributed by atoms with van der Waals surface area (Å²) in [6, 6.07) is 4.87. The number of rotatable bonds is 8. The van der Waals surface area contributed by atoms with Crippen molar-refractivity contribution in [3.05, 3.63) is 23.3 Å². The molecule has 2 amide bonds. The maximum absolute atomic E-state index is 12.0. The van der Waals surface area contributed by atoms with E-state index in [-0.39, 0.29) is 35.5 Å². The highest BCUT2D eigenvalue weighted by atomic mass is 16.5. The summed E-state index contributed by atoms with van der Waals surface area (Å²) in [6.45, 7) is 3.25. The van der Waals surface area contributed by atoms with E-state index >= 15 is 0 Å². The second kappa shape index (κ2) is 9.17. The van der Waals surface area contributed by atoms with Gasteiger partial charge in [-0.05, 0) is 37.6 Å². The molecular formula is C17H21N3O5. The number of primary amides is 1. The number of nitrogens with one attached hydrogen (secondary N) is 1. The number of hydrogen-bond donors (Lipinski definition) is 2. The summed E-state index contributed by atoms with van der Waals surface area (Å²) in [6.07, 6.45) is 1.40. The minimum atomic E-state index is -0.648. The molecule has 8 nitrogen and oxygen atoms in total. The van der Waals surface area contributed by atoms with Crippen LogP contribution in [0.5, 0.6) is 17.2 Å². The summed E-state index contributed by atoms with van der Waals surface area (Å²) in [5.74, 6) is -0.386. The zero-order chi connectivity index (χ0) is 19.0. The Balaban J connectivity index is 3.28. The number of nitriles is 1. The summed E-state index contributed by atoms with van der Waals surface area (Å²) >= 11 is 0. The van der Waals surface area contributed by atoms with Crippen LogP contribution in [-0.2, 0) is 9.59 Å². The standard InChI is InChI=1S/C17H21N3O5/c1-10(2)20-17(22)12(8-18)5-11-6-13(23-3)16(14(7-11)24-4)25-9-15(19)21/h5-7,10H,9H2,1-4H3,(H2,19,21)(H,20,22)/b12-5+. The molecule has 0 atom stereocenters. The third-order valence-electron chi connectivity index (χ3n) is 2.94. The van der Waals surface area contributed by atoms with Crippen LogP contribution >= 0.6 is 0 Å². The van der Waals surface area contributed by atoms with Crippen molar-refractivity contribution in [3.63, 3.8) is 0 Å². The van der Waals surface area contributed by atoms with Gasteiger partial charge in [0.25, 0.3) is 11.8 Å². The summed E-state index contributed by atoms with van der Waals surface area (Å²) in [4.78, 5) is 22.9. The van der Waals surface area contributed by atoms with Crippen LogP contribution in [0.2, 0.25) is 0 Å². The quantitative estimate of drug-likeness (QED) is 0.534. The number of benzene rings is 1. The van der Waals surface area contributed by atoms with Gasteiger partial charge in [0.15, 0.2) is 18.1 Å². The number of carbonyl (C=O) groups is 2. The molecule has 0 aliphatic carbocycles. The summed E-state index contributed by atoms with van der Waals surface area (Å²) in [5, 5.41) is 11.9. The van der Waals surface area contributed by atoms with Crippen LogP contribution in [0, 0.1) is 11.3 Å². The highest BCUT2D eigenvalue weighted by Crippen LogP contribution is 2.39. The molecule has 0 aromatic heterocycles. The van der Waals surface area contributed by atoms with Crippen molar-refractivity contribution in [2.24, 2.45) is 5.73 Å². The van der Waals surface area contributed by atoms with Gasteiger partial charge in [0.2, 0.25) is 5.75 Å². The second-order valence-electron chi connectivity index (χ2n) is 5.31. The minimum absolute atomic E-state index is 0.0661. The SMILES string of the molecule is COc1cc(/C=C(\C#N)C(=O)NC(C)C)cc(OC)c1OCC(N)=O. The molecule has 0 aliphatic heterocycles. The van der Waals surface area contributed by atoms with Crippen LogP contribution in [0.1, 0.15) is 19.4 Å². The molecule has 134 valence electrons. The van der Waals surface area contributed by atoms with Crippen LogP contribution in [0.4, 0.5) is 0 Å². The van der Waals surface area contributed by atoms with Crippen molar-refractivity contribution < 1.29 is 23.8 Å². The fourth-order valence-corrected chi connectivity index (χ4v) is 1.92. The molecule has 0 aliphatic rings. The molecule has 1 aromatic carbocycles. The fraction of sp³-hybridized carbons (Fsp3) is 0.353. The van der Waals surface area contributed by atoms with Crippen LogP contribution in [0.25, 0.3) is 6.08 Å². The molecular weight excluding hydrogens is 326 g/mol. The topological polar surface area (TPSA) is 124 Å². The average molecular weight is 347 g/mol.